The molecule has 4 aromatic carbocycles. The van der Waals surface area contributed by atoms with Gasteiger partial charge in [-0.05, 0) is 66.6 Å². The van der Waals surface area contributed by atoms with Gasteiger partial charge in [0.15, 0.2) is 0 Å². The molecule has 2 aliphatic rings. The summed E-state index contributed by atoms with van der Waals surface area (Å²) < 4.78 is 30.3. The Kier molecular flexibility index (Phi) is 7.43. The van der Waals surface area contributed by atoms with Gasteiger partial charge in [-0.2, -0.15) is 0 Å². The second kappa shape index (κ2) is 11.1. The molecular weight excluding hydrogens is 526 g/mol. The van der Waals surface area contributed by atoms with Crippen LogP contribution in [0.25, 0.3) is 0 Å². The van der Waals surface area contributed by atoms with Crippen LogP contribution >= 0.6 is 11.6 Å². The fourth-order valence-electron chi connectivity index (χ4n) is 6.43. The zero-order valence-electron chi connectivity index (χ0n) is 22.4. The van der Waals surface area contributed by atoms with E-state index in [9.17, 15) is 9.18 Å². The van der Waals surface area contributed by atoms with Crippen LogP contribution < -0.4 is 0 Å². The Balaban J connectivity index is 1.38. The lowest BCUT2D eigenvalue weighted by atomic mass is 9.86. The first kappa shape index (κ1) is 26.7. The summed E-state index contributed by atoms with van der Waals surface area (Å²) in [5.74, 6) is -0.822. The van der Waals surface area contributed by atoms with Gasteiger partial charge >= 0.3 is 0 Å². The molecule has 40 heavy (non-hydrogen) atoms. The van der Waals surface area contributed by atoms with E-state index in [2.05, 4.69) is 23.1 Å². The molecule has 0 bridgehead atoms. The van der Waals surface area contributed by atoms with Gasteiger partial charge in [-0.1, -0.05) is 84.4 Å². The van der Waals surface area contributed by atoms with E-state index in [0.29, 0.717) is 35.5 Å². The molecule has 0 N–H and O–H groups in total. The fraction of sp³-hybridized carbons (Fsp3) is 0.265. The van der Waals surface area contributed by atoms with Gasteiger partial charge in [0, 0.05) is 35.3 Å². The Hall–Kier alpha value is -3.54. The minimum Gasteiger partial charge on any atom is -0.333 e. The highest BCUT2D eigenvalue weighted by Crippen LogP contribution is 2.41. The number of fused-ring (bicyclic) bond motifs is 2. The van der Waals surface area contributed by atoms with E-state index in [-0.39, 0.29) is 24.3 Å². The van der Waals surface area contributed by atoms with Crippen LogP contribution in [0.4, 0.5) is 8.78 Å². The number of halogens is 3. The van der Waals surface area contributed by atoms with Crippen molar-refractivity contribution in [3.8, 4) is 0 Å². The summed E-state index contributed by atoms with van der Waals surface area (Å²) in [4.78, 5) is 18.4. The molecule has 3 nitrogen and oxygen atoms in total. The molecule has 0 radical (unpaired) electrons. The van der Waals surface area contributed by atoms with Gasteiger partial charge in [0.2, 0.25) is 5.91 Å². The average molecular weight is 557 g/mol. The summed E-state index contributed by atoms with van der Waals surface area (Å²) in [6, 6.07) is 26.3. The van der Waals surface area contributed by atoms with Crippen LogP contribution in [0.2, 0.25) is 5.02 Å². The number of carbonyl (C=O) groups excluding carboxylic acids is 1. The Morgan fingerprint density at radius 2 is 1.50 bits per heavy atom. The first-order valence-electron chi connectivity index (χ1n) is 13.8. The van der Waals surface area contributed by atoms with Gasteiger partial charge in [-0.25, -0.2) is 8.78 Å². The number of rotatable bonds is 6. The van der Waals surface area contributed by atoms with E-state index in [4.69, 9.17) is 11.6 Å². The first-order chi connectivity index (χ1) is 19.4. The Morgan fingerprint density at radius 1 is 0.875 bits per heavy atom. The standard InChI is InChI=1S/C34H31ClF2N2O/c1-22(38-18-17-23-9-4-6-13-28(23)33(38)32-29(35)14-8-16-31(32)37)34(40)39(21-26-12-5-7-15-30(26)36)27-19-24-10-2-3-11-25(24)20-27/h2-16,22,27,33H,17-21H2,1H3/t22-,33+/m0/s1. The number of nitrogens with zero attached hydrogens (tertiary/aromatic N) is 2. The molecule has 0 saturated carbocycles. The molecule has 1 aliphatic heterocycles. The van der Waals surface area contributed by atoms with Crippen molar-refractivity contribution >= 4 is 17.5 Å². The quantitative estimate of drug-likeness (QED) is 0.252. The average Bonchev–Trinajstić information content (AvgIpc) is 3.40. The fourth-order valence-corrected chi connectivity index (χ4v) is 6.70. The molecule has 0 aromatic heterocycles. The van der Waals surface area contributed by atoms with Crippen LogP contribution in [0.1, 0.15) is 46.3 Å². The highest BCUT2D eigenvalue weighted by molar-refractivity contribution is 6.31. The molecule has 1 amide bonds. The van der Waals surface area contributed by atoms with Crippen LogP contribution in [-0.2, 0) is 30.6 Å². The minimum absolute atomic E-state index is 0.0977. The highest BCUT2D eigenvalue weighted by atomic mass is 35.5. The van der Waals surface area contributed by atoms with Gasteiger partial charge < -0.3 is 4.90 Å². The summed E-state index contributed by atoms with van der Waals surface area (Å²) in [5, 5.41) is 0.334. The third kappa shape index (κ3) is 4.93. The van der Waals surface area contributed by atoms with Crippen molar-refractivity contribution in [1.82, 2.24) is 9.80 Å². The number of hydrogen-bond acceptors (Lipinski definition) is 2. The topological polar surface area (TPSA) is 23.6 Å². The smallest absolute Gasteiger partial charge is 0.240 e. The molecular formula is C34H31ClF2N2O. The molecule has 0 saturated heterocycles. The first-order valence-corrected chi connectivity index (χ1v) is 14.2. The van der Waals surface area contributed by atoms with Crippen molar-refractivity contribution in [1.29, 1.82) is 0 Å². The van der Waals surface area contributed by atoms with Crippen molar-refractivity contribution in [2.45, 2.75) is 50.9 Å². The molecule has 0 spiro atoms. The van der Waals surface area contributed by atoms with Gasteiger partial charge in [-0.3, -0.25) is 9.69 Å². The Bertz CT molecular complexity index is 1510. The van der Waals surface area contributed by atoms with Crippen LogP contribution in [0.3, 0.4) is 0 Å². The van der Waals surface area contributed by atoms with Crippen LogP contribution in [0.15, 0.2) is 91.0 Å². The van der Waals surface area contributed by atoms with Crippen LogP contribution in [0, 0.1) is 11.6 Å². The number of hydrogen-bond donors (Lipinski definition) is 0. The molecule has 6 rings (SSSR count). The zero-order valence-corrected chi connectivity index (χ0v) is 23.1. The summed E-state index contributed by atoms with van der Waals surface area (Å²) >= 11 is 6.62. The Morgan fingerprint density at radius 3 is 2.20 bits per heavy atom. The predicted octanol–water partition coefficient (Wildman–Crippen LogP) is 7.15. The third-order valence-corrected chi connectivity index (χ3v) is 8.83. The van der Waals surface area contributed by atoms with Crippen molar-refractivity contribution < 1.29 is 13.6 Å². The summed E-state index contributed by atoms with van der Waals surface area (Å²) in [6.45, 7) is 2.62. The summed E-state index contributed by atoms with van der Waals surface area (Å²) in [5.41, 5.74) is 5.37. The van der Waals surface area contributed by atoms with E-state index in [1.54, 1.807) is 30.3 Å². The minimum atomic E-state index is -0.593. The van der Waals surface area contributed by atoms with Gasteiger partial charge in [0.1, 0.15) is 11.6 Å². The maximum atomic E-state index is 15.4. The largest absolute Gasteiger partial charge is 0.333 e. The number of carbonyl (C=O) groups is 1. The lowest BCUT2D eigenvalue weighted by Crippen LogP contribution is -2.53. The van der Waals surface area contributed by atoms with E-state index in [1.165, 1.54) is 23.3 Å². The SMILES string of the molecule is C[C@@H](C(=O)N(Cc1ccccc1F)C1Cc2ccccc2C1)N1CCc2ccccc2[C@@H]1c1c(F)cccc1Cl. The lowest BCUT2D eigenvalue weighted by Gasteiger charge is -2.43. The second-order valence-electron chi connectivity index (χ2n) is 10.8. The second-order valence-corrected chi connectivity index (χ2v) is 11.2. The number of amides is 1. The molecule has 1 heterocycles. The Labute approximate surface area is 239 Å². The van der Waals surface area contributed by atoms with Crippen molar-refractivity contribution in [2.24, 2.45) is 0 Å². The molecule has 4 aromatic rings. The van der Waals surface area contributed by atoms with Gasteiger partial charge in [0.05, 0.1) is 12.1 Å². The third-order valence-electron chi connectivity index (χ3n) is 8.50. The lowest BCUT2D eigenvalue weighted by molar-refractivity contribution is -0.140. The van der Waals surface area contributed by atoms with E-state index < -0.39 is 17.9 Å². The molecule has 6 heteroatoms. The monoisotopic (exact) mass is 556 g/mol. The maximum Gasteiger partial charge on any atom is 0.240 e. The van der Waals surface area contributed by atoms with Gasteiger partial charge in [-0.15, -0.1) is 0 Å². The molecule has 1 aliphatic carbocycles. The zero-order chi connectivity index (χ0) is 27.8. The van der Waals surface area contributed by atoms with Crippen LogP contribution in [-0.4, -0.2) is 34.3 Å². The molecule has 204 valence electrons. The predicted molar refractivity (Wildman–Crippen MR) is 154 cm³/mol. The van der Waals surface area contributed by atoms with Crippen molar-refractivity contribution in [3.63, 3.8) is 0 Å². The molecule has 0 unspecified atom stereocenters. The maximum absolute atomic E-state index is 15.4. The van der Waals surface area contributed by atoms with E-state index >= 15 is 4.39 Å². The molecule has 0 fully saturated rings. The van der Waals surface area contributed by atoms with Crippen molar-refractivity contribution in [2.75, 3.05) is 6.54 Å². The highest BCUT2D eigenvalue weighted by Gasteiger charge is 2.40. The summed E-state index contributed by atoms with van der Waals surface area (Å²) in [7, 11) is 0. The molecule has 2 atom stereocenters. The van der Waals surface area contributed by atoms with E-state index in [0.717, 1.165) is 17.5 Å². The van der Waals surface area contributed by atoms with Crippen molar-refractivity contribution in [3.05, 3.63) is 141 Å². The van der Waals surface area contributed by atoms with Gasteiger partial charge in [0.25, 0.3) is 0 Å². The van der Waals surface area contributed by atoms with E-state index in [1.807, 2.05) is 42.2 Å². The summed E-state index contributed by atoms with van der Waals surface area (Å²) in [6.07, 6.45) is 2.17. The normalized spacial score (nSPS) is 17.8. The number of benzene rings is 4. The van der Waals surface area contributed by atoms with Crippen LogP contribution in [0.5, 0.6) is 0 Å².